The molecule has 9 heteroatoms. The summed E-state index contributed by atoms with van der Waals surface area (Å²) < 4.78 is 28.2. The molecule has 0 saturated heterocycles. The molecule has 4 aromatic rings. The first kappa shape index (κ1) is 16.2. The van der Waals surface area contributed by atoms with Crippen molar-refractivity contribution in [2.45, 2.75) is 25.8 Å². The zero-order valence-corrected chi connectivity index (χ0v) is 14.1. The Hall–Kier alpha value is -3.23. The fraction of sp³-hybridized carbons (Fsp3) is 0.235. The van der Waals surface area contributed by atoms with Crippen LogP contribution in [-0.4, -0.2) is 41.5 Å². The third-order valence-electron chi connectivity index (χ3n) is 4.16. The Morgan fingerprint density at radius 2 is 1.92 bits per heavy atom. The summed E-state index contributed by atoms with van der Waals surface area (Å²) in [5, 5.41) is 6.87. The summed E-state index contributed by atoms with van der Waals surface area (Å²) >= 11 is 0. The van der Waals surface area contributed by atoms with E-state index in [1.165, 1.54) is 6.92 Å². The standard InChI is InChI=1S/C17H15F2N7/c1-10(17(2,18)19)24-16-23-9-14-12(3-6-26(14)25-16)11-7-13-15(22-8-11)21-5-4-20-13/h3-10H,1-2H3,(H,24,25)/t10-/m1/s1. The van der Waals surface area contributed by atoms with Crippen molar-refractivity contribution in [2.75, 3.05) is 5.32 Å². The zero-order valence-electron chi connectivity index (χ0n) is 14.1. The van der Waals surface area contributed by atoms with E-state index in [2.05, 4.69) is 30.4 Å². The SMILES string of the molecule is C[C@@H](Nc1ncc2c(-c3cnc4nccnc4c3)ccn2n1)C(C)(F)F. The largest absolute Gasteiger partial charge is 0.344 e. The smallest absolute Gasteiger partial charge is 0.264 e. The van der Waals surface area contributed by atoms with Crippen LogP contribution in [0.1, 0.15) is 13.8 Å². The van der Waals surface area contributed by atoms with E-state index < -0.39 is 12.0 Å². The monoisotopic (exact) mass is 355 g/mol. The molecule has 0 radical (unpaired) electrons. The molecule has 7 nitrogen and oxygen atoms in total. The van der Waals surface area contributed by atoms with Crippen LogP contribution in [0.3, 0.4) is 0 Å². The van der Waals surface area contributed by atoms with Crippen LogP contribution < -0.4 is 5.32 Å². The van der Waals surface area contributed by atoms with Crippen molar-refractivity contribution >= 4 is 22.6 Å². The van der Waals surface area contributed by atoms with Crippen molar-refractivity contribution in [1.29, 1.82) is 0 Å². The number of halogens is 2. The predicted octanol–water partition coefficient (Wildman–Crippen LogP) is 3.19. The van der Waals surface area contributed by atoms with E-state index in [0.717, 1.165) is 23.6 Å². The summed E-state index contributed by atoms with van der Waals surface area (Å²) in [5.74, 6) is -2.74. The highest BCUT2D eigenvalue weighted by Gasteiger charge is 2.30. The van der Waals surface area contributed by atoms with E-state index in [4.69, 9.17) is 0 Å². The van der Waals surface area contributed by atoms with Crippen molar-refractivity contribution in [2.24, 2.45) is 0 Å². The Labute approximate surface area is 147 Å². The summed E-state index contributed by atoms with van der Waals surface area (Å²) in [6.45, 7) is 2.24. The Bertz CT molecular complexity index is 1090. The molecule has 0 amide bonds. The van der Waals surface area contributed by atoms with Crippen LogP contribution >= 0.6 is 0 Å². The van der Waals surface area contributed by atoms with E-state index in [1.54, 1.807) is 35.5 Å². The minimum atomic E-state index is -2.88. The Morgan fingerprint density at radius 3 is 2.73 bits per heavy atom. The van der Waals surface area contributed by atoms with E-state index in [-0.39, 0.29) is 5.95 Å². The molecule has 0 spiro atoms. The van der Waals surface area contributed by atoms with Gasteiger partial charge in [-0.15, -0.1) is 5.10 Å². The third-order valence-corrected chi connectivity index (χ3v) is 4.16. The second-order valence-corrected chi connectivity index (χ2v) is 6.09. The average Bonchev–Trinajstić information content (AvgIpc) is 3.03. The molecule has 4 rings (SSSR count). The molecule has 0 aliphatic carbocycles. The Kier molecular flexibility index (Phi) is 3.71. The number of anilines is 1. The van der Waals surface area contributed by atoms with Crippen LogP contribution in [0.25, 0.3) is 27.8 Å². The van der Waals surface area contributed by atoms with Crippen LogP contribution in [0.4, 0.5) is 14.7 Å². The molecule has 0 bridgehead atoms. The number of alkyl halides is 2. The van der Waals surface area contributed by atoms with Gasteiger partial charge in [0.15, 0.2) is 5.65 Å². The van der Waals surface area contributed by atoms with Gasteiger partial charge < -0.3 is 5.32 Å². The van der Waals surface area contributed by atoms with Gasteiger partial charge in [0.1, 0.15) is 5.52 Å². The lowest BCUT2D eigenvalue weighted by atomic mass is 10.1. The topological polar surface area (TPSA) is 80.9 Å². The molecule has 4 heterocycles. The van der Waals surface area contributed by atoms with Gasteiger partial charge in [0.25, 0.3) is 5.92 Å². The van der Waals surface area contributed by atoms with Gasteiger partial charge in [-0.2, -0.15) is 0 Å². The average molecular weight is 355 g/mol. The highest BCUT2D eigenvalue weighted by Crippen LogP contribution is 2.26. The molecule has 0 aliphatic heterocycles. The van der Waals surface area contributed by atoms with Crippen molar-refractivity contribution < 1.29 is 8.78 Å². The van der Waals surface area contributed by atoms with Gasteiger partial charge >= 0.3 is 0 Å². The van der Waals surface area contributed by atoms with Crippen molar-refractivity contribution in [3.63, 3.8) is 0 Å². The maximum absolute atomic E-state index is 13.3. The number of fused-ring (bicyclic) bond motifs is 2. The van der Waals surface area contributed by atoms with Crippen LogP contribution in [0.15, 0.2) is 43.1 Å². The maximum atomic E-state index is 13.3. The molecular formula is C17H15F2N7. The first-order valence-corrected chi connectivity index (χ1v) is 7.98. The quantitative estimate of drug-likeness (QED) is 0.605. The highest BCUT2D eigenvalue weighted by molar-refractivity contribution is 5.84. The first-order chi connectivity index (χ1) is 12.4. The van der Waals surface area contributed by atoms with E-state index >= 15 is 0 Å². The second kappa shape index (κ2) is 5.94. The van der Waals surface area contributed by atoms with Crippen LogP contribution in [0.2, 0.25) is 0 Å². The van der Waals surface area contributed by atoms with Crippen LogP contribution in [-0.2, 0) is 0 Å². The van der Waals surface area contributed by atoms with E-state index in [9.17, 15) is 8.78 Å². The van der Waals surface area contributed by atoms with Gasteiger partial charge in [-0.25, -0.2) is 28.2 Å². The summed E-state index contributed by atoms with van der Waals surface area (Å²) in [7, 11) is 0. The number of nitrogens with zero attached hydrogens (tertiary/aromatic N) is 6. The number of hydrogen-bond acceptors (Lipinski definition) is 6. The van der Waals surface area contributed by atoms with Gasteiger partial charge in [-0.05, 0) is 19.1 Å². The lowest BCUT2D eigenvalue weighted by Crippen LogP contribution is -2.35. The van der Waals surface area contributed by atoms with Gasteiger partial charge in [0.2, 0.25) is 5.95 Å². The molecule has 0 saturated carbocycles. The minimum absolute atomic E-state index is 0.135. The van der Waals surface area contributed by atoms with Crippen LogP contribution in [0.5, 0.6) is 0 Å². The first-order valence-electron chi connectivity index (χ1n) is 7.98. The van der Waals surface area contributed by atoms with Gasteiger partial charge in [-0.3, -0.25) is 4.98 Å². The second-order valence-electron chi connectivity index (χ2n) is 6.09. The summed E-state index contributed by atoms with van der Waals surface area (Å²) in [5.41, 5.74) is 3.69. The fourth-order valence-electron chi connectivity index (χ4n) is 2.54. The molecule has 0 unspecified atom stereocenters. The van der Waals surface area contributed by atoms with Gasteiger partial charge in [0.05, 0.1) is 17.8 Å². The molecule has 26 heavy (non-hydrogen) atoms. The van der Waals surface area contributed by atoms with E-state index in [1.807, 2.05) is 12.1 Å². The molecule has 0 fully saturated rings. The molecule has 1 N–H and O–H groups in total. The molecule has 132 valence electrons. The summed E-state index contributed by atoms with van der Waals surface area (Å²) in [6.07, 6.45) is 8.24. The Balaban J connectivity index is 1.71. The summed E-state index contributed by atoms with van der Waals surface area (Å²) in [6, 6.07) is 2.67. The number of pyridine rings is 1. The number of aromatic nitrogens is 6. The maximum Gasteiger partial charge on any atom is 0.264 e. The highest BCUT2D eigenvalue weighted by atomic mass is 19.3. The third kappa shape index (κ3) is 2.92. The number of rotatable bonds is 4. The van der Waals surface area contributed by atoms with Crippen LogP contribution in [0, 0.1) is 0 Å². The molecule has 1 atom stereocenters. The van der Waals surface area contributed by atoms with Crippen molar-refractivity contribution in [3.05, 3.63) is 43.1 Å². The molecule has 0 aliphatic rings. The van der Waals surface area contributed by atoms with Gasteiger partial charge in [-0.1, -0.05) is 0 Å². The normalized spacial score (nSPS) is 13.2. The van der Waals surface area contributed by atoms with E-state index in [0.29, 0.717) is 11.2 Å². The zero-order chi connectivity index (χ0) is 18.3. The predicted molar refractivity (Wildman–Crippen MR) is 93.0 cm³/mol. The molecule has 0 aromatic carbocycles. The molecule has 4 aromatic heterocycles. The molecular weight excluding hydrogens is 340 g/mol. The lowest BCUT2D eigenvalue weighted by molar-refractivity contribution is 0.00673. The van der Waals surface area contributed by atoms with Crippen molar-refractivity contribution in [3.8, 4) is 11.1 Å². The lowest BCUT2D eigenvalue weighted by Gasteiger charge is -2.20. The number of hydrogen-bond donors (Lipinski definition) is 1. The minimum Gasteiger partial charge on any atom is -0.344 e. The number of nitrogens with one attached hydrogen (secondary N) is 1. The fourth-order valence-corrected chi connectivity index (χ4v) is 2.54. The van der Waals surface area contributed by atoms with Crippen molar-refractivity contribution in [1.82, 2.24) is 29.5 Å². The van der Waals surface area contributed by atoms with Gasteiger partial charge in [0, 0.05) is 42.8 Å². The Morgan fingerprint density at radius 1 is 1.12 bits per heavy atom. The summed E-state index contributed by atoms with van der Waals surface area (Å²) in [4.78, 5) is 16.9.